The van der Waals surface area contributed by atoms with Gasteiger partial charge in [0.2, 0.25) is 0 Å². The van der Waals surface area contributed by atoms with Crippen LogP contribution in [-0.2, 0) is 19.3 Å². The van der Waals surface area contributed by atoms with Crippen molar-refractivity contribution < 1.29 is 13.2 Å². The minimum atomic E-state index is -4.37. The van der Waals surface area contributed by atoms with E-state index in [9.17, 15) is 13.2 Å². The molecule has 1 N–H and O–H groups in total. The van der Waals surface area contributed by atoms with Crippen LogP contribution in [0.15, 0.2) is 23.8 Å². The third-order valence-corrected chi connectivity index (χ3v) is 4.77. The molecular weight excluding hydrogens is 335 g/mol. The van der Waals surface area contributed by atoms with Gasteiger partial charge in [0.25, 0.3) is 0 Å². The molecule has 0 saturated heterocycles. The summed E-state index contributed by atoms with van der Waals surface area (Å²) in [5, 5.41) is 0. The van der Waals surface area contributed by atoms with Gasteiger partial charge in [0.15, 0.2) is 4.77 Å². The Labute approximate surface area is 143 Å². The standard InChI is InChI=1S/C17H20F3N3S/c1-10(2)4-5-22-9-12-6-13(17(18,19)20)7-14-15(12)23(8-11(22)3)16(24)21-14/h4,6-7,11H,5,8-9H2,1-3H3,(H,21,24)/t11-/m0/s1. The molecule has 0 saturated carbocycles. The van der Waals surface area contributed by atoms with Crippen LogP contribution in [0.25, 0.3) is 11.0 Å². The molecule has 7 heteroatoms. The number of hydrogen-bond acceptors (Lipinski definition) is 2. The van der Waals surface area contributed by atoms with Gasteiger partial charge in [0.1, 0.15) is 0 Å². The number of rotatable bonds is 2. The predicted octanol–water partition coefficient (Wildman–Crippen LogP) is 4.89. The number of halogens is 3. The lowest BCUT2D eigenvalue weighted by Gasteiger charge is -2.26. The molecule has 2 heterocycles. The van der Waals surface area contributed by atoms with E-state index in [0.717, 1.165) is 11.6 Å². The highest BCUT2D eigenvalue weighted by molar-refractivity contribution is 7.71. The average molecular weight is 355 g/mol. The molecule has 3 nitrogen and oxygen atoms in total. The first-order valence-corrected chi connectivity index (χ1v) is 8.27. The predicted molar refractivity (Wildman–Crippen MR) is 91.4 cm³/mol. The smallest absolute Gasteiger partial charge is 0.331 e. The Hall–Kier alpha value is -1.60. The Balaban J connectivity index is 2.14. The lowest BCUT2D eigenvalue weighted by atomic mass is 10.1. The first-order chi connectivity index (χ1) is 11.2. The summed E-state index contributed by atoms with van der Waals surface area (Å²) in [6.07, 6.45) is -2.27. The van der Waals surface area contributed by atoms with Crippen LogP contribution >= 0.6 is 12.2 Å². The molecule has 0 radical (unpaired) electrons. The van der Waals surface area contributed by atoms with E-state index in [1.807, 2.05) is 18.4 Å². The van der Waals surface area contributed by atoms with E-state index in [0.29, 0.717) is 35.5 Å². The Bertz CT molecular complexity index is 856. The molecule has 1 atom stereocenters. The summed E-state index contributed by atoms with van der Waals surface area (Å²) in [6.45, 7) is 7.96. The molecule has 0 aliphatic carbocycles. The van der Waals surface area contributed by atoms with Gasteiger partial charge in [-0.2, -0.15) is 13.2 Å². The number of alkyl halides is 3. The van der Waals surface area contributed by atoms with Gasteiger partial charge in [-0.3, -0.25) is 4.90 Å². The quantitative estimate of drug-likeness (QED) is 0.613. The lowest BCUT2D eigenvalue weighted by Crippen LogP contribution is -2.34. The number of H-pyrrole nitrogens is 1. The van der Waals surface area contributed by atoms with E-state index < -0.39 is 11.7 Å². The Morgan fingerprint density at radius 3 is 2.71 bits per heavy atom. The van der Waals surface area contributed by atoms with Crippen molar-refractivity contribution in [2.45, 2.75) is 46.1 Å². The summed E-state index contributed by atoms with van der Waals surface area (Å²) in [4.78, 5) is 5.12. The maximum absolute atomic E-state index is 13.2. The highest BCUT2D eigenvalue weighted by atomic mass is 32.1. The Kier molecular flexibility index (Phi) is 4.34. The lowest BCUT2D eigenvalue weighted by molar-refractivity contribution is -0.137. The van der Waals surface area contributed by atoms with Crippen molar-refractivity contribution in [2.75, 3.05) is 6.54 Å². The van der Waals surface area contributed by atoms with Gasteiger partial charge in [-0.1, -0.05) is 11.6 Å². The molecule has 0 fully saturated rings. The van der Waals surface area contributed by atoms with Crippen LogP contribution in [0.2, 0.25) is 0 Å². The van der Waals surface area contributed by atoms with E-state index in [1.54, 1.807) is 0 Å². The van der Waals surface area contributed by atoms with Gasteiger partial charge in [-0.05, 0) is 50.7 Å². The molecule has 1 aromatic carbocycles. The number of aromatic nitrogens is 2. The third-order valence-electron chi connectivity index (χ3n) is 4.45. The zero-order valence-electron chi connectivity index (χ0n) is 13.9. The second-order valence-corrected chi connectivity index (χ2v) is 7.02. The van der Waals surface area contributed by atoms with Crippen LogP contribution in [-0.4, -0.2) is 27.0 Å². The van der Waals surface area contributed by atoms with Gasteiger partial charge in [0, 0.05) is 25.7 Å². The number of nitrogens with one attached hydrogen (secondary N) is 1. The first-order valence-electron chi connectivity index (χ1n) is 7.87. The van der Waals surface area contributed by atoms with Crippen LogP contribution in [0.4, 0.5) is 13.2 Å². The summed E-state index contributed by atoms with van der Waals surface area (Å²) in [5.74, 6) is 0. The number of benzene rings is 1. The van der Waals surface area contributed by atoms with Crippen LogP contribution in [0.1, 0.15) is 31.9 Å². The monoisotopic (exact) mass is 355 g/mol. The van der Waals surface area contributed by atoms with E-state index in [2.05, 4.69) is 22.9 Å². The Morgan fingerprint density at radius 1 is 1.38 bits per heavy atom. The zero-order chi connectivity index (χ0) is 17.6. The fraction of sp³-hybridized carbons (Fsp3) is 0.471. The number of allylic oxidation sites excluding steroid dienone is 1. The molecule has 0 amide bonds. The van der Waals surface area contributed by atoms with Crippen molar-refractivity contribution in [3.63, 3.8) is 0 Å². The van der Waals surface area contributed by atoms with E-state index in [4.69, 9.17) is 12.2 Å². The summed E-state index contributed by atoms with van der Waals surface area (Å²) in [7, 11) is 0. The van der Waals surface area contributed by atoms with Crippen LogP contribution in [0.5, 0.6) is 0 Å². The zero-order valence-corrected chi connectivity index (χ0v) is 14.7. The second kappa shape index (κ2) is 6.04. The van der Waals surface area contributed by atoms with E-state index in [-0.39, 0.29) is 6.04 Å². The van der Waals surface area contributed by atoms with Crippen molar-refractivity contribution in [3.05, 3.63) is 39.7 Å². The molecule has 0 unspecified atom stereocenters. The number of imidazole rings is 1. The highest BCUT2D eigenvalue weighted by Crippen LogP contribution is 2.35. The summed E-state index contributed by atoms with van der Waals surface area (Å²) in [6, 6.07) is 2.59. The minimum Gasteiger partial charge on any atom is -0.331 e. The third kappa shape index (κ3) is 3.15. The molecule has 0 spiro atoms. The molecule has 1 aliphatic heterocycles. The van der Waals surface area contributed by atoms with Crippen LogP contribution in [0, 0.1) is 4.77 Å². The van der Waals surface area contributed by atoms with Crippen LogP contribution in [0.3, 0.4) is 0 Å². The largest absolute Gasteiger partial charge is 0.416 e. The molecule has 2 aromatic rings. The molecule has 1 aliphatic rings. The molecule has 0 bridgehead atoms. The molecular formula is C17H20F3N3S. The summed E-state index contributed by atoms with van der Waals surface area (Å²) >= 11 is 5.34. The summed E-state index contributed by atoms with van der Waals surface area (Å²) < 4.78 is 42.0. The van der Waals surface area contributed by atoms with E-state index >= 15 is 0 Å². The molecule has 130 valence electrons. The van der Waals surface area contributed by atoms with Gasteiger partial charge in [-0.15, -0.1) is 0 Å². The maximum atomic E-state index is 13.2. The highest BCUT2D eigenvalue weighted by Gasteiger charge is 2.33. The van der Waals surface area contributed by atoms with Crippen molar-refractivity contribution in [1.82, 2.24) is 14.5 Å². The fourth-order valence-electron chi connectivity index (χ4n) is 3.15. The van der Waals surface area contributed by atoms with E-state index in [1.165, 1.54) is 11.6 Å². The van der Waals surface area contributed by atoms with Crippen molar-refractivity contribution in [1.29, 1.82) is 0 Å². The van der Waals surface area contributed by atoms with Gasteiger partial charge < -0.3 is 9.55 Å². The van der Waals surface area contributed by atoms with Crippen molar-refractivity contribution >= 4 is 23.3 Å². The normalized spacial score (nSPS) is 18.7. The van der Waals surface area contributed by atoms with Gasteiger partial charge in [0.05, 0.1) is 16.6 Å². The Morgan fingerprint density at radius 2 is 2.08 bits per heavy atom. The molecule has 3 rings (SSSR count). The SMILES string of the molecule is CC(C)=CCN1Cc2cc(C(F)(F)F)cc3[nH]c(=S)n(c23)C[C@@H]1C. The van der Waals surface area contributed by atoms with Crippen LogP contribution < -0.4 is 0 Å². The first kappa shape index (κ1) is 17.2. The van der Waals surface area contributed by atoms with Crippen molar-refractivity contribution in [3.8, 4) is 0 Å². The number of nitrogens with zero attached hydrogens (tertiary/aromatic N) is 2. The number of aromatic amines is 1. The number of hydrogen-bond donors (Lipinski definition) is 1. The maximum Gasteiger partial charge on any atom is 0.416 e. The minimum absolute atomic E-state index is 0.174. The van der Waals surface area contributed by atoms with Gasteiger partial charge >= 0.3 is 6.18 Å². The summed E-state index contributed by atoms with van der Waals surface area (Å²) in [5.41, 5.74) is 2.47. The van der Waals surface area contributed by atoms with Crippen molar-refractivity contribution in [2.24, 2.45) is 0 Å². The second-order valence-electron chi connectivity index (χ2n) is 6.63. The fourth-order valence-corrected chi connectivity index (χ4v) is 3.43. The molecule has 1 aromatic heterocycles. The van der Waals surface area contributed by atoms with Gasteiger partial charge in [-0.25, -0.2) is 0 Å². The average Bonchev–Trinajstić information content (AvgIpc) is 2.69. The molecule has 24 heavy (non-hydrogen) atoms. The topological polar surface area (TPSA) is 24.0 Å².